The van der Waals surface area contributed by atoms with Crippen molar-refractivity contribution in [3.8, 4) is 0 Å². The van der Waals surface area contributed by atoms with Gasteiger partial charge in [0.1, 0.15) is 0 Å². The maximum atomic E-state index is 6.02. The van der Waals surface area contributed by atoms with Crippen molar-refractivity contribution < 1.29 is 0 Å². The lowest BCUT2D eigenvalue weighted by Crippen LogP contribution is -2.14. The van der Waals surface area contributed by atoms with Crippen LogP contribution in [0.25, 0.3) is 0 Å². The Morgan fingerprint density at radius 1 is 1.25 bits per heavy atom. The monoisotopic (exact) mass is 162 g/mol. The number of hydrogen-bond acceptors (Lipinski definition) is 2. The van der Waals surface area contributed by atoms with Crippen molar-refractivity contribution in [2.45, 2.75) is 18.9 Å². The minimum absolute atomic E-state index is 0.159. The van der Waals surface area contributed by atoms with Crippen LogP contribution in [0.15, 0.2) is 24.3 Å². The summed E-state index contributed by atoms with van der Waals surface area (Å²) in [5.74, 6) is 0.676. The van der Waals surface area contributed by atoms with Crippen LogP contribution in [0.2, 0.25) is 0 Å². The lowest BCUT2D eigenvalue weighted by molar-refractivity contribution is 0.635. The van der Waals surface area contributed by atoms with Gasteiger partial charge in [-0.15, -0.1) is 0 Å². The minimum Gasteiger partial charge on any atom is -0.398 e. The zero-order chi connectivity index (χ0) is 8.55. The van der Waals surface area contributed by atoms with Crippen molar-refractivity contribution in [2.24, 2.45) is 11.7 Å². The Morgan fingerprint density at radius 2 is 1.92 bits per heavy atom. The first kappa shape index (κ1) is 7.62. The van der Waals surface area contributed by atoms with E-state index < -0.39 is 0 Å². The molecule has 1 unspecified atom stereocenters. The zero-order valence-electron chi connectivity index (χ0n) is 7.03. The highest BCUT2D eigenvalue weighted by atomic mass is 14.7. The van der Waals surface area contributed by atoms with Gasteiger partial charge < -0.3 is 11.5 Å². The summed E-state index contributed by atoms with van der Waals surface area (Å²) in [5, 5.41) is 0. The van der Waals surface area contributed by atoms with E-state index in [1.165, 1.54) is 12.8 Å². The highest BCUT2D eigenvalue weighted by molar-refractivity contribution is 5.48. The lowest BCUT2D eigenvalue weighted by atomic mass is 10.0. The second-order valence-electron chi connectivity index (χ2n) is 3.49. The molecule has 1 aliphatic rings. The van der Waals surface area contributed by atoms with E-state index in [1.54, 1.807) is 0 Å². The van der Waals surface area contributed by atoms with Gasteiger partial charge in [0.15, 0.2) is 0 Å². The van der Waals surface area contributed by atoms with E-state index in [4.69, 9.17) is 11.5 Å². The average Bonchev–Trinajstić information content (AvgIpc) is 2.86. The van der Waals surface area contributed by atoms with Crippen molar-refractivity contribution in [3.05, 3.63) is 29.8 Å². The maximum absolute atomic E-state index is 6.02. The molecule has 1 saturated carbocycles. The summed E-state index contributed by atoms with van der Waals surface area (Å²) in [5.41, 5.74) is 13.8. The fraction of sp³-hybridized carbons (Fsp3) is 0.400. The predicted molar refractivity (Wildman–Crippen MR) is 50.5 cm³/mol. The minimum atomic E-state index is 0.159. The van der Waals surface area contributed by atoms with E-state index in [0.29, 0.717) is 5.92 Å². The molecule has 0 heterocycles. The van der Waals surface area contributed by atoms with Gasteiger partial charge in [-0.05, 0) is 30.4 Å². The SMILES string of the molecule is Nc1ccccc1C(N)C1CC1. The maximum Gasteiger partial charge on any atom is 0.0362 e. The number of hydrogen-bond donors (Lipinski definition) is 2. The molecule has 2 nitrogen and oxygen atoms in total. The molecule has 1 aliphatic carbocycles. The first-order valence-electron chi connectivity index (χ1n) is 4.39. The number of nitrogens with two attached hydrogens (primary N) is 2. The van der Waals surface area contributed by atoms with Gasteiger partial charge >= 0.3 is 0 Å². The summed E-state index contributed by atoms with van der Waals surface area (Å²) < 4.78 is 0. The Balaban J connectivity index is 2.25. The van der Waals surface area contributed by atoms with Crippen LogP contribution in [0, 0.1) is 5.92 Å². The van der Waals surface area contributed by atoms with Gasteiger partial charge in [0.2, 0.25) is 0 Å². The molecule has 64 valence electrons. The highest BCUT2D eigenvalue weighted by Gasteiger charge is 2.30. The van der Waals surface area contributed by atoms with Crippen LogP contribution < -0.4 is 11.5 Å². The molecule has 12 heavy (non-hydrogen) atoms. The summed E-state index contributed by atoms with van der Waals surface area (Å²) in [6.45, 7) is 0. The molecule has 0 aliphatic heterocycles. The van der Waals surface area contributed by atoms with E-state index in [2.05, 4.69) is 0 Å². The largest absolute Gasteiger partial charge is 0.398 e. The van der Waals surface area contributed by atoms with Gasteiger partial charge in [-0.25, -0.2) is 0 Å². The Kier molecular flexibility index (Phi) is 1.77. The number of benzene rings is 1. The Morgan fingerprint density at radius 3 is 2.50 bits per heavy atom. The summed E-state index contributed by atoms with van der Waals surface area (Å²) in [6, 6.07) is 8.04. The molecule has 0 radical (unpaired) electrons. The van der Waals surface area contributed by atoms with Crippen LogP contribution in [0.3, 0.4) is 0 Å². The fourth-order valence-electron chi connectivity index (χ4n) is 1.52. The standard InChI is InChI=1S/C10H14N2/c11-9-4-2-1-3-8(9)10(12)7-5-6-7/h1-4,7,10H,5-6,11-12H2. The first-order valence-corrected chi connectivity index (χ1v) is 4.39. The van der Waals surface area contributed by atoms with Crippen LogP contribution in [-0.2, 0) is 0 Å². The Hall–Kier alpha value is -1.02. The van der Waals surface area contributed by atoms with Gasteiger partial charge in [0, 0.05) is 11.7 Å². The topological polar surface area (TPSA) is 52.0 Å². The first-order chi connectivity index (χ1) is 5.79. The molecule has 2 heteroatoms. The normalized spacial score (nSPS) is 19.1. The van der Waals surface area contributed by atoms with Crippen LogP contribution in [-0.4, -0.2) is 0 Å². The summed E-state index contributed by atoms with van der Waals surface area (Å²) in [4.78, 5) is 0. The average molecular weight is 162 g/mol. The highest BCUT2D eigenvalue weighted by Crippen LogP contribution is 2.40. The van der Waals surface area contributed by atoms with Gasteiger partial charge in [0.25, 0.3) is 0 Å². The van der Waals surface area contributed by atoms with Crippen LogP contribution in [0.1, 0.15) is 24.4 Å². The number of anilines is 1. The molecule has 2 rings (SSSR count). The summed E-state index contributed by atoms with van der Waals surface area (Å²) in [7, 11) is 0. The van der Waals surface area contributed by atoms with Crippen molar-refractivity contribution in [1.29, 1.82) is 0 Å². The molecule has 1 aromatic carbocycles. The Bertz CT molecular complexity index is 279. The molecule has 0 bridgehead atoms. The van der Waals surface area contributed by atoms with Gasteiger partial charge in [-0.1, -0.05) is 18.2 Å². The fourth-order valence-corrected chi connectivity index (χ4v) is 1.52. The number of nitrogen functional groups attached to an aromatic ring is 1. The third-order valence-corrected chi connectivity index (χ3v) is 2.49. The van der Waals surface area contributed by atoms with Crippen LogP contribution in [0.5, 0.6) is 0 Å². The van der Waals surface area contributed by atoms with E-state index >= 15 is 0 Å². The van der Waals surface area contributed by atoms with Crippen LogP contribution >= 0.6 is 0 Å². The molecule has 1 fully saturated rings. The van der Waals surface area contributed by atoms with Crippen molar-refractivity contribution in [3.63, 3.8) is 0 Å². The molecule has 1 atom stereocenters. The second-order valence-corrected chi connectivity index (χ2v) is 3.49. The van der Waals surface area contributed by atoms with Crippen molar-refractivity contribution >= 4 is 5.69 Å². The third-order valence-electron chi connectivity index (χ3n) is 2.49. The molecular weight excluding hydrogens is 148 g/mol. The Labute approximate surface area is 72.6 Å². The summed E-state index contributed by atoms with van der Waals surface area (Å²) in [6.07, 6.45) is 2.52. The van der Waals surface area contributed by atoms with Crippen molar-refractivity contribution in [2.75, 3.05) is 5.73 Å². The molecule has 0 aromatic heterocycles. The van der Waals surface area contributed by atoms with E-state index in [9.17, 15) is 0 Å². The number of para-hydroxylation sites is 1. The summed E-state index contributed by atoms with van der Waals surface area (Å²) >= 11 is 0. The van der Waals surface area contributed by atoms with Crippen molar-refractivity contribution in [1.82, 2.24) is 0 Å². The van der Waals surface area contributed by atoms with Gasteiger partial charge in [-0.2, -0.15) is 0 Å². The molecule has 1 aromatic rings. The van der Waals surface area contributed by atoms with E-state index in [1.807, 2.05) is 24.3 Å². The smallest absolute Gasteiger partial charge is 0.0362 e. The van der Waals surface area contributed by atoms with E-state index in [-0.39, 0.29) is 6.04 Å². The molecule has 0 amide bonds. The van der Waals surface area contributed by atoms with Gasteiger partial charge in [-0.3, -0.25) is 0 Å². The lowest BCUT2D eigenvalue weighted by Gasteiger charge is -2.12. The molecule has 0 spiro atoms. The van der Waals surface area contributed by atoms with E-state index in [0.717, 1.165) is 11.3 Å². The molecular formula is C10H14N2. The quantitative estimate of drug-likeness (QED) is 0.650. The molecule has 4 N–H and O–H groups in total. The van der Waals surface area contributed by atoms with Crippen LogP contribution in [0.4, 0.5) is 5.69 Å². The van der Waals surface area contributed by atoms with Gasteiger partial charge in [0.05, 0.1) is 0 Å². The second kappa shape index (κ2) is 2.79. The zero-order valence-corrected chi connectivity index (χ0v) is 7.03. The third kappa shape index (κ3) is 1.30. The predicted octanol–water partition coefficient (Wildman–Crippen LogP) is 1.68. The molecule has 0 saturated heterocycles. The number of rotatable bonds is 2.